The van der Waals surface area contributed by atoms with Crippen molar-refractivity contribution in [3.8, 4) is 5.75 Å². The third-order valence-electron chi connectivity index (χ3n) is 1.19. The summed E-state index contributed by atoms with van der Waals surface area (Å²) in [7, 11) is 1.66. The molecule has 0 aliphatic rings. The van der Waals surface area contributed by atoms with Crippen LogP contribution in [-0.2, 0) is 0 Å². The second-order valence-corrected chi connectivity index (χ2v) is 1.85. The topological polar surface area (TPSA) is 22.1 Å². The molecule has 0 unspecified atom stereocenters. The summed E-state index contributed by atoms with van der Waals surface area (Å²) in [6.45, 7) is 1.96. The van der Waals surface area contributed by atoms with Crippen molar-refractivity contribution in [1.82, 2.24) is 4.98 Å². The lowest BCUT2D eigenvalue weighted by atomic mass is 10.3. The quantitative estimate of drug-likeness (QED) is 0.624. The molecule has 10 heavy (non-hydrogen) atoms. The van der Waals surface area contributed by atoms with Gasteiger partial charge in [0.1, 0.15) is 5.75 Å². The highest BCUT2D eigenvalue weighted by molar-refractivity contribution is 5.85. The molecule has 0 atom stereocenters. The molecule has 0 saturated carbocycles. The van der Waals surface area contributed by atoms with E-state index in [1.807, 2.05) is 13.0 Å². The van der Waals surface area contributed by atoms with Crippen LogP contribution < -0.4 is 4.74 Å². The molecular formula is C7H10ClNO. The van der Waals surface area contributed by atoms with Gasteiger partial charge in [-0.2, -0.15) is 0 Å². The van der Waals surface area contributed by atoms with Crippen LogP contribution >= 0.6 is 12.4 Å². The van der Waals surface area contributed by atoms with Crippen molar-refractivity contribution < 1.29 is 4.74 Å². The van der Waals surface area contributed by atoms with Crippen molar-refractivity contribution >= 4 is 12.4 Å². The number of halogens is 1. The Bertz CT molecular complexity index is 203. The van der Waals surface area contributed by atoms with Gasteiger partial charge in [0.05, 0.1) is 7.11 Å². The van der Waals surface area contributed by atoms with E-state index in [0.717, 1.165) is 11.3 Å². The highest BCUT2D eigenvalue weighted by atomic mass is 35.5. The monoisotopic (exact) mass is 159 g/mol. The fraction of sp³-hybridized carbons (Fsp3) is 0.286. The number of pyridine rings is 1. The van der Waals surface area contributed by atoms with Crippen LogP contribution in [-0.4, -0.2) is 12.1 Å². The zero-order chi connectivity index (χ0) is 6.69. The number of aryl methyl sites for hydroxylation is 1. The number of aromatic nitrogens is 1. The molecule has 1 aromatic heterocycles. The number of methoxy groups -OCH3 is 1. The van der Waals surface area contributed by atoms with Crippen LogP contribution in [0.3, 0.4) is 0 Å². The Morgan fingerprint density at radius 1 is 1.50 bits per heavy atom. The van der Waals surface area contributed by atoms with Crippen LogP contribution in [0.15, 0.2) is 18.5 Å². The molecule has 0 fully saturated rings. The fourth-order valence-corrected chi connectivity index (χ4v) is 0.690. The second-order valence-electron chi connectivity index (χ2n) is 1.85. The first kappa shape index (κ1) is 9.24. The molecule has 0 aliphatic carbocycles. The van der Waals surface area contributed by atoms with Crippen molar-refractivity contribution in [1.29, 1.82) is 0 Å². The maximum Gasteiger partial charge on any atom is 0.124 e. The maximum absolute atomic E-state index is 5.00. The summed E-state index contributed by atoms with van der Waals surface area (Å²) in [4.78, 5) is 3.91. The standard InChI is InChI=1S/C7H9NO.ClH/c1-6-5-8-4-3-7(6)9-2;/h3-5H,1-2H3;1H. The van der Waals surface area contributed by atoms with Crippen molar-refractivity contribution in [2.45, 2.75) is 6.92 Å². The van der Waals surface area contributed by atoms with E-state index in [1.54, 1.807) is 19.5 Å². The summed E-state index contributed by atoms with van der Waals surface area (Å²) >= 11 is 0. The third-order valence-corrected chi connectivity index (χ3v) is 1.19. The Morgan fingerprint density at radius 2 is 2.20 bits per heavy atom. The smallest absolute Gasteiger partial charge is 0.124 e. The van der Waals surface area contributed by atoms with Crippen LogP contribution in [0.1, 0.15) is 5.56 Å². The van der Waals surface area contributed by atoms with Gasteiger partial charge in [-0.1, -0.05) is 0 Å². The molecule has 1 rings (SSSR count). The Labute approximate surface area is 66.6 Å². The van der Waals surface area contributed by atoms with Gasteiger partial charge in [0.2, 0.25) is 0 Å². The average Bonchev–Trinajstić information content (AvgIpc) is 1.89. The van der Waals surface area contributed by atoms with Gasteiger partial charge in [-0.25, -0.2) is 0 Å². The van der Waals surface area contributed by atoms with Crippen molar-refractivity contribution in [3.05, 3.63) is 24.0 Å². The van der Waals surface area contributed by atoms with E-state index >= 15 is 0 Å². The minimum atomic E-state index is 0. The van der Waals surface area contributed by atoms with Gasteiger partial charge in [0.25, 0.3) is 0 Å². The van der Waals surface area contributed by atoms with Gasteiger partial charge in [-0.3, -0.25) is 4.98 Å². The molecule has 2 nitrogen and oxygen atoms in total. The molecule has 0 spiro atoms. The molecule has 0 aliphatic heterocycles. The van der Waals surface area contributed by atoms with E-state index < -0.39 is 0 Å². The van der Waals surface area contributed by atoms with Crippen LogP contribution in [0.4, 0.5) is 0 Å². The van der Waals surface area contributed by atoms with Crippen molar-refractivity contribution in [2.75, 3.05) is 7.11 Å². The number of hydrogen-bond acceptors (Lipinski definition) is 2. The van der Waals surface area contributed by atoms with E-state index in [2.05, 4.69) is 4.98 Å². The zero-order valence-corrected chi connectivity index (χ0v) is 6.81. The molecule has 1 heterocycles. The highest BCUT2D eigenvalue weighted by Gasteiger charge is 1.91. The zero-order valence-electron chi connectivity index (χ0n) is 6.00. The second kappa shape index (κ2) is 4.12. The fourth-order valence-electron chi connectivity index (χ4n) is 0.690. The molecular weight excluding hydrogens is 150 g/mol. The summed E-state index contributed by atoms with van der Waals surface area (Å²) < 4.78 is 5.00. The minimum Gasteiger partial charge on any atom is -0.496 e. The predicted octanol–water partition coefficient (Wildman–Crippen LogP) is 1.82. The molecule has 0 amide bonds. The molecule has 0 N–H and O–H groups in total. The lowest BCUT2D eigenvalue weighted by Crippen LogP contribution is -1.86. The van der Waals surface area contributed by atoms with E-state index in [9.17, 15) is 0 Å². The number of nitrogens with zero attached hydrogens (tertiary/aromatic N) is 1. The van der Waals surface area contributed by atoms with Crippen molar-refractivity contribution in [2.24, 2.45) is 0 Å². The predicted molar refractivity (Wildman–Crippen MR) is 42.8 cm³/mol. The Balaban J connectivity index is 0.000000810. The number of rotatable bonds is 1. The lowest BCUT2D eigenvalue weighted by molar-refractivity contribution is 0.411. The van der Waals surface area contributed by atoms with E-state index in [0.29, 0.717) is 0 Å². The summed E-state index contributed by atoms with van der Waals surface area (Å²) in [6, 6.07) is 1.84. The van der Waals surface area contributed by atoms with Crippen molar-refractivity contribution in [3.63, 3.8) is 0 Å². The van der Waals surface area contributed by atoms with Gasteiger partial charge in [-0.15, -0.1) is 12.4 Å². The first-order valence-corrected chi connectivity index (χ1v) is 2.79. The Morgan fingerprint density at radius 3 is 2.60 bits per heavy atom. The van der Waals surface area contributed by atoms with Gasteiger partial charge in [-0.05, 0) is 13.0 Å². The third kappa shape index (κ3) is 1.88. The van der Waals surface area contributed by atoms with Gasteiger partial charge in [0, 0.05) is 18.0 Å². The normalized spacial score (nSPS) is 8.20. The number of hydrogen-bond donors (Lipinski definition) is 0. The lowest BCUT2D eigenvalue weighted by Gasteiger charge is -2.00. The van der Waals surface area contributed by atoms with Gasteiger partial charge >= 0.3 is 0 Å². The summed E-state index contributed by atoms with van der Waals surface area (Å²) in [5, 5.41) is 0. The van der Waals surface area contributed by atoms with Gasteiger partial charge < -0.3 is 4.74 Å². The van der Waals surface area contributed by atoms with Crippen LogP contribution in [0.5, 0.6) is 5.75 Å². The van der Waals surface area contributed by atoms with Crippen LogP contribution in [0.25, 0.3) is 0 Å². The maximum atomic E-state index is 5.00. The molecule has 0 saturated heterocycles. The van der Waals surface area contributed by atoms with Crippen LogP contribution in [0, 0.1) is 6.92 Å². The largest absolute Gasteiger partial charge is 0.496 e. The summed E-state index contributed by atoms with van der Waals surface area (Å²) in [5.41, 5.74) is 1.07. The van der Waals surface area contributed by atoms with Gasteiger partial charge in [0.15, 0.2) is 0 Å². The molecule has 0 aromatic carbocycles. The van der Waals surface area contributed by atoms with Crippen LogP contribution in [0.2, 0.25) is 0 Å². The first-order valence-electron chi connectivity index (χ1n) is 2.79. The molecule has 3 heteroatoms. The molecule has 0 radical (unpaired) electrons. The van der Waals surface area contributed by atoms with E-state index in [1.165, 1.54) is 0 Å². The average molecular weight is 160 g/mol. The highest BCUT2D eigenvalue weighted by Crippen LogP contribution is 2.12. The Kier molecular flexibility index (Phi) is 3.81. The minimum absolute atomic E-state index is 0. The summed E-state index contributed by atoms with van der Waals surface area (Å²) in [5.74, 6) is 0.894. The summed E-state index contributed by atoms with van der Waals surface area (Å²) in [6.07, 6.45) is 3.49. The van der Waals surface area contributed by atoms with E-state index in [4.69, 9.17) is 4.74 Å². The SMILES string of the molecule is COc1ccncc1C.Cl. The Hall–Kier alpha value is -0.760. The molecule has 0 bridgehead atoms. The van der Waals surface area contributed by atoms with E-state index in [-0.39, 0.29) is 12.4 Å². The first-order chi connectivity index (χ1) is 4.34. The molecule has 1 aromatic rings. The number of ether oxygens (including phenoxy) is 1. The molecule has 56 valence electrons.